The fraction of sp³-hybridized carbons (Fsp3) is 0.647. The molecule has 1 unspecified atom stereocenters. The van der Waals surface area contributed by atoms with Gasteiger partial charge in [-0.05, 0) is 49.4 Å². The second-order valence-electron chi connectivity index (χ2n) is 5.83. The Morgan fingerprint density at radius 1 is 1.16 bits per heavy atom. The second-order valence-corrected chi connectivity index (χ2v) is 5.83. The summed E-state index contributed by atoms with van der Waals surface area (Å²) < 4.78 is 0. The summed E-state index contributed by atoms with van der Waals surface area (Å²) in [5.74, 6) is 0.958. The maximum atomic E-state index is 5.83. The summed E-state index contributed by atoms with van der Waals surface area (Å²) in [5, 5.41) is 0. The highest BCUT2D eigenvalue weighted by atomic mass is 15.1. The van der Waals surface area contributed by atoms with E-state index in [1.807, 2.05) is 0 Å². The fourth-order valence-electron chi connectivity index (χ4n) is 3.23. The topological polar surface area (TPSA) is 29.3 Å². The molecule has 0 saturated carbocycles. The molecule has 106 valence electrons. The lowest BCUT2D eigenvalue weighted by Gasteiger charge is -2.21. The summed E-state index contributed by atoms with van der Waals surface area (Å²) in [7, 11) is 0. The Kier molecular flexibility index (Phi) is 5.87. The van der Waals surface area contributed by atoms with Crippen LogP contribution in [0.3, 0.4) is 0 Å². The molecule has 1 heterocycles. The lowest BCUT2D eigenvalue weighted by Crippen LogP contribution is -2.25. The van der Waals surface area contributed by atoms with Crippen LogP contribution in [0.4, 0.5) is 0 Å². The van der Waals surface area contributed by atoms with Gasteiger partial charge in [0.05, 0.1) is 0 Å². The highest BCUT2D eigenvalue weighted by Crippen LogP contribution is 2.23. The Morgan fingerprint density at radius 2 is 1.95 bits per heavy atom. The summed E-state index contributed by atoms with van der Waals surface area (Å²) in [6.07, 6.45) is 6.89. The van der Waals surface area contributed by atoms with Crippen LogP contribution >= 0.6 is 0 Å². The zero-order chi connectivity index (χ0) is 13.5. The number of hydrogen-bond acceptors (Lipinski definition) is 2. The molecule has 1 aromatic rings. The molecule has 1 aliphatic heterocycles. The van der Waals surface area contributed by atoms with Crippen LogP contribution in [0, 0.1) is 5.92 Å². The van der Waals surface area contributed by atoms with Crippen molar-refractivity contribution in [2.45, 2.75) is 52.1 Å². The molecule has 0 aromatic heterocycles. The summed E-state index contributed by atoms with van der Waals surface area (Å²) in [6.45, 7) is 6.54. The Hall–Kier alpha value is -0.860. The van der Waals surface area contributed by atoms with Gasteiger partial charge in [0.2, 0.25) is 0 Å². The molecule has 2 N–H and O–H groups in total. The molecular weight excluding hydrogens is 232 g/mol. The minimum Gasteiger partial charge on any atom is -0.326 e. The molecule has 2 rings (SSSR count). The van der Waals surface area contributed by atoms with E-state index < -0.39 is 0 Å². The van der Waals surface area contributed by atoms with Gasteiger partial charge in [-0.25, -0.2) is 0 Å². The van der Waals surface area contributed by atoms with Gasteiger partial charge in [0.25, 0.3) is 0 Å². The molecule has 0 spiro atoms. The Labute approximate surface area is 118 Å². The number of likely N-dealkylation sites (tertiary alicyclic amines) is 1. The second kappa shape index (κ2) is 7.66. The normalized spacial score (nSPS) is 21.3. The third kappa shape index (κ3) is 4.32. The largest absolute Gasteiger partial charge is 0.326 e. The summed E-state index contributed by atoms with van der Waals surface area (Å²) in [5.41, 5.74) is 8.55. The molecule has 2 nitrogen and oxygen atoms in total. The zero-order valence-corrected chi connectivity index (χ0v) is 12.3. The number of rotatable bonds is 5. The first-order valence-electron chi connectivity index (χ1n) is 7.82. The van der Waals surface area contributed by atoms with Crippen molar-refractivity contribution in [2.75, 3.05) is 13.1 Å². The summed E-state index contributed by atoms with van der Waals surface area (Å²) >= 11 is 0. The minimum atomic E-state index is 0.655. The molecular formula is C17H28N2. The van der Waals surface area contributed by atoms with Crippen LogP contribution in [0.2, 0.25) is 0 Å². The predicted octanol–water partition coefficient (Wildman–Crippen LogP) is 3.55. The number of hydrogen-bond donors (Lipinski definition) is 1. The van der Waals surface area contributed by atoms with Gasteiger partial charge in [-0.3, -0.25) is 4.90 Å². The highest BCUT2D eigenvalue weighted by Gasteiger charge is 2.16. The van der Waals surface area contributed by atoms with Crippen molar-refractivity contribution in [3.05, 3.63) is 35.4 Å². The van der Waals surface area contributed by atoms with E-state index >= 15 is 0 Å². The number of nitrogens with two attached hydrogens (primary N) is 1. The van der Waals surface area contributed by atoms with Crippen molar-refractivity contribution in [3.8, 4) is 0 Å². The highest BCUT2D eigenvalue weighted by molar-refractivity contribution is 5.26. The van der Waals surface area contributed by atoms with Crippen LogP contribution in [0.25, 0.3) is 0 Å². The van der Waals surface area contributed by atoms with Crippen LogP contribution < -0.4 is 5.73 Å². The Bertz CT molecular complexity index is 375. The van der Waals surface area contributed by atoms with Gasteiger partial charge in [0, 0.05) is 13.1 Å². The summed E-state index contributed by atoms with van der Waals surface area (Å²) in [6, 6.07) is 8.61. The molecule has 0 bridgehead atoms. The zero-order valence-electron chi connectivity index (χ0n) is 12.3. The number of benzene rings is 1. The molecule has 0 radical (unpaired) electrons. The van der Waals surface area contributed by atoms with E-state index in [9.17, 15) is 0 Å². The SMILES string of the molecule is CCCC1CCCN(Cc2ccccc2CN)CC1. The van der Waals surface area contributed by atoms with Crippen molar-refractivity contribution in [3.63, 3.8) is 0 Å². The van der Waals surface area contributed by atoms with Crippen molar-refractivity contribution >= 4 is 0 Å². The maximum Gasteiger partial charge on any atom is 0.0236 e. The first-order valence-corrected chi connectivity index (χ1v) is 7.82. The van der Waals surface area contributed by atoms with Crippen LogP contribution in [0.1, 0.15) is 50.2 Å². The van der Waals surface area contributed by atoms with Crippen molar-refractivity contribution < 1.29 is 0 Å². The monoisotopic (exact) mass is 260 g/mol. The van der Waals surface area contributed by atoms with Gasteiger partial charge in [-0.1, -0.05) is 44.0 Å². The van der Waals surface area contributed by atoms with Gasteiger partial charge >= 0.3 is 0 Å². The Morgan fingerprint density at radius 3 is 2.68 bits per heavy atom. The molecule has 0 aliphatic carbocycles. The molecule has 1 atom stereocenters. The number of nitrogens with zero attached hydrogens (tertiary/aromatic N) is 1. The van der Waals surface area contributed by atoms with Crippen molar-refractivity contribution in [1.29, 1.82) is 0 Å². The molecule has 1 aromatic carbocycles. The predicted molar refractivity (Wildman–Crippen MR) is 81.9 cm³/mol. The molecule has 1 fully saturated rings. The first-order chi connectivity index (χ1) is 9.33. The van der Waals surface area contributed by atoms with E-state index in [2.05, 4.69) is 36.1 Å². The summed E-state index contributed by atoms with van der Waals surface area (Å²) in [4.78, 5) is 2.62. The van der Waals surface area contributed by atoms with E-state index in [0.717, 1.165) is 12.5 Å². The van der Waals surface area contributed by atoms with Crippen LogP contribution in [0.5, 0.6) is 0 Å². The van der Waals surface area contributed by atoms with E-state index in [0.29, 0.717) is 6.54 Å². The average Bonchev–Trinajstić information content (AvgIpc) is 2.66. The fourth-order valence-corrected chi connectivity index (χ4v) is 3.23. The van der Waals surface area contributed by atoms with Gasteiger partial charge in [-0.15, -0.1) is 0 Å². The van der Waals surface area contributed by atoms with Gasteiger partial charge in [-0.2, -0.15) is 0 Å². The quantitative estimate of drug-likeness (QED) is 0.877. The Balaban J connectivity index is 1.92. The van der Waals surface area contributed by atoms with Crippen LogP contribution in [0.15, 0.2) is 24.3 Å². The third-order valence-electron chi connectivity index (χ3n) is 4.37. The molecule has 1 saturated heterocycles. The maximum absolute atomic E-state index is 5.83. The molecule has 0 amide bonds. The smallest absolute Gasteiger partial charge is 0.0236 e. The van der Waals surface area contributed by atoms with E-state index in [-0.39, 0.29) is 0 Å². The van der Waals surface area contributed by atoms with Crippen LogP contribution in [-0.4, -0.2) is 18.0 Å². The standard InChI is InChI=1S/C17H28N2/c1-2-6-15-7-5-11-19(12-10-15)14-17-9-4-3-8-16(17)13-18/h3-4,8-9,15H,2,5-7,10-14,18H2,1H3. The van der Waals surface area contributed by atoms with Crippen LogP contribution in [-0.2, 0) is 13.1 Å². The van der Waals surface area contributed by atoms with Crippen molar-refractivity contribution in [1.82, 2.24) is 4.90 Å². The average molecular weight is 260 g/mol. The molecule has 2 heteroatoms. The molecule has 19 heavy (non-hydrogen) atoms. The molecule has 1 aliphatic rings. The lowest BCUT2D eigenvalue weighted by molar-refractivity contribution is 0.270. The van der Waals surface area contributed by atoms with E-state index in [4.69, 9.17) is 5.73 Å². The van der Waals surface area contributed by atoms with E-state index in [1.54, 1.807) is 0 Å². The lowest BCUT2D eigenvalue weighted by atomic mass is 9.96. The minimum absolute atomic E-state index is 0.655. The van der Waals surface area contributed by atoms with Gasteiger partial charge < -0.3 is 5.73 Å². The van der Waals surface area contributed by atoms with Gasteiger partial charge in [0.15, 0.2) is 0 Å². The third-order valence-corrected chi connectivity index (χ3v) is 4.37. The first kappa shape index (κ1) is 14.5. The van der Waals surface area contributed by atoms with Crippen molar-refractivity contribution in [2.24, 2.45) is 11.7 Å². The van der Waals surface area contributed by atoms with Gasteiger partial charge in [0.1, 0.15) is 0 Å². The van der Waals surface area contributed by atoms with E-state index in [1.165, 1.54) is 56.3 Å².